The maximum atomic E-state index is 12.9. The quantitative estimate of drug-likeness (QED) is 0.807. The highest BCUT2D eigenvalue weighted by Gasteiger charge is 2.40. The van der Waals surface area contributed by atoms with Gasteiger partial charge in [-0.3, -0.25) is 4.79 Å². The Bertz CT molecular complexity index is 694. The van der Waals surface area contributed by atoms with Crippen LogP contribution in [0, 0.1) is 5.41 Å². The number of methoxy groups -OCH3 is 1. The first-order chi connectivity index (χ1) is 12.1. The molecule has 2 heterocycles. The fourth-order valence-electron chi connectivity index (χ4n) is 3.25. The van der Waals surface area contributed by atoms with Crippen LogP contribution in [-0.2, 0) is 9.53 Å². The zero-order valence-electron chi connectivity index (χ0n) is 15.2. The molecule has 142 valence electrons. The van der Waals surface area contributed by atoms with E-state index in [-0.39, 0.29) is 24.4 Å². The van der Waals surface area contributed by atoms with Crippen molar-refractivity contribution in [2.45, 2.75) is 25.8 Å². The van der Waals surface area contributed by atoms with Gasteiger partial charge in [-0.1, -0.05) is 30.3 Å². The van der Waals surface area contributed by atoms with E-state index in [1.54, 1.807) is 13.3 Å². The molecule has 1 aliphatic rings. The highest BCUT2D eigenvalue weighted by Crippen LogP contribution is 2.31. The van der Waals surface area contributed by atoms with Gasteiger partial charge in [0.05, 0.1) is 18.2 Å². The number of carbonyl (C=O) groups excluding carboxylic acids is 1. The Morgan fingerprint density at radius 1 is 1.35 bits per heavy atom. The fourth-order valence-corrected chi connectivity index (χ4v) is 3.25. The molecule has 6 nitrogen and oxygen atoms in total. The second-order valence-electron chi connectivity index (χ2n) is 6.59. The van der Waals surface area contributed by atoms with Crippen molar-refractivity contribution in [1.82, 2.24) is 15.6 Å². The molecular weight excluding hydrogens is 354 g/mol. The number of nitrogens with one attached hydrogen (secondary N) is 2. The van der Waals surface area contributed by atoms with Gasteiger partial charge < -0.3 is 19.8 Å². The Morgan fingerprint density at radius 2 is 2.04 bits per heavy atom. The van der Waals surface area contributed by atoms with Crippen molar-refractivity contribution in [3.8, 4) is 11.3 Å². The van der Waals surface area contributed by atoms with Crippen LogP contribution in [0.5, 0.6) is 0 Å². The highest BCUT2D eigenvalue weighted by atomic mass is 35.5. The Kier molecular flexibility index (Phi) is 7.20. The third-order valence-electron chi connectivity index (χ3n) is 4.76. The van der Waals surface area contributed by atoms with E-state index >= 15 is 0 Å². The molecule has 1 saturated heterocycles. The van der Waals surface area contributed by atoms with Gasteiger partial charge in [-0.2, -0.15) is 0 Å². The molecule has 1 aromatic carbocycles. The van der Waals surface area contributed by atoms with Crippen LogP contribution in [0.15, 0.2) is 40.9 Å². The molecule has 7 heteroatoms. The number of nitrogens with zero attached hydrogens (tertiary/aromatic N) is 1. The molecule has 26 heavy (non-hydrogen) atoms. The summed E-state index contributed by atoms with van der Waals surface area (Å²) >= 11 is 0. The third kappa shape index (κ3) is 4.44. The molecule has 2 N–H and O–H groups in total. The van der Waals surface area contributed by atoms with Crippen molar-refractivity contribution >= 4 is 18.3 Å². The van der Waals surface area contributed by atoms with Crippen LogP contribution in [-0.4, -0.2) is 37.7 Å². The van der Waals surface area contributed by atoms with E-state index in [4.69, 9.17) is 9.15 Å². The van der Waals surface area contributed by atoms with Gasteiger partial charge in [0.15, 0.2) is 5.76 Å². The topological polar surface area (TPSA) is 76.4 Å². The molecule has 1 aliphatic heterocycles. The Labute approximate surface area is 160 Å². The van der Waals surface area contributed by atoms with Crippen LogP contribution >= 0.6 is 12.4 Å². The van der Waals surface area contributed by atoms with E-state index in [1.807, 2.05) is 37.3 Å². The average Bonchev–Trinajstić information content (AvgIpc) is 3.14. The maximum Gasteiger partial charge on any atom is 0.229 e. The van der Waals surface area contributed by atoms with Crippen molar-refractivity contribution in [2.24, 2.45) is 5.41 Å². The van der Waals surface area contributed by atoms with Crippen molar-refractivity contribution in [2.75, 3.05) is 26.8 Å². The van der Waals surface area contributed by atoms with Gasteiger partial charge in [0, 0.05) is 12.7 Å². The second kappa shape index (κ2) is 9.16. The van der Waals surface area contributed by atoms with Gasteiger partial charge in [0.25, 0.3) is 0 Å². The van der Waals surface area contributed by atoms with E-state index in [0.29, 0.717) is 18.3 Å². The van der Waals surface area contributed by atoms with Crippen molar-refractivity contribution in [3.05, 3.63) is 42.4 Å². The van der Waals surface area contributed by atoms with Crippen LogP contribution in [0.1, 0.15) is 31.7 Å². The Balaban J connectivity index is 0.00000243. The molecule has 1 unspecified atom stereocenters. The lowest BCUT2D eigenvalue weighted by Gasteiger charge is -2.36. The van der Waals surface area contributed by atoms with E-state index in [2.05, 4.69) is 15.6 Å². The summed E-state index contributed by atoms with van der Waals surface area (Å²) in [6.45, 7) is 3.96. The molecule has 0 bridgehead atoms. The summed E-state index contributed by atoms with van der Waals surface area (Å²) in [6.07, 6.45) is 3.23. The van der Waals surface area contributed by atoms with E-state index in [0.717, 1.165) is 31.5 Å². The minimum absolute atomic E-state index is 0. The second-order valence-corrected chi connectivity index (χ2v) is 6.59. The number of amides is 1. The summed E-state index contributed by atoms with van der Waals surface area (Å²) < 4.78 is 11.2. The van der Waals surface area contributed by atoms with Gasteiger partial charge in [0.2, 0.25) is 11.8 Å². The monoisotopic (exact) mass is 379 g/mol. The molecule has 0 saturated carbocycles. The molecule has 1 aromatic heterocycles. The number of hydrogen-bond acceptors (Lipinski definition) is 5. The molecular formula is C19H26ClN3O3. The highest BCUT2D eigenvalue weighted by molar-refractivity contribution is 5.85. The van der Waals surface area contributed by atoms with Crippen molar-refractivity contribution in [3.63, 3.8) is 0 Å². The Hall–Kier alpha value is -1.89. The predicted octanol–water partition coefficient (Wildman–Crippen LogP) is 2.96. The third-order valence-corrected chi connectivity index (χ3v) is 4.76. The zero-order chi connectivity index (χ0) is 17.7. The molecule has 1 amide bonds. The number of hydrogen-bond donors (Lipinski definition) is 2. The number of piperidine rings is 1. The number of ether oxygens (including phenoxy) is 1. The zero-order valence-corrected chi connectivity index (χ0v) is 16.0. The minimum Gasteiger partial charge on any atom is -0.438 e. The summed E-state index contributed by atoms with van der Waals surface area (Å²) in [4.78, 5) is 17.2. The lowest BCUT2D eigenvalue weighted by molar-refractivity contribution is -0.137. The van der Waals surface area contributed by atoms with Crippen LogP contribution in [0.4, 0.5) is 0 Å². The smallest absolute Gasteiger partial charge is 0.229 e. The normalized spacial score (nSPS) is 17.2. The minimum atomic E-state index is -0.483. The number of carbonyl (C=O) groups is 1. The summed E-state index contributed by atoms with van der Waals surface area (Å²) in [6, 6.07) is 9.50. The van der Waals surface area contributed by atoms with Crippen LogP contribution in [0.3, 0.4) is 0 Å². The number of oxazole rings is 1. The number of benzene rings is 1. The van der Waals surface area contributed by atoms with Crippen LogP contribution < -0.4 is 10.6 Å². The number of aromatic nitrogens is 1. The maximum absolute atomic E-state index is 12.9. The molecule has 1 atom stereocenters. The van der Waals surface area contributed by atoms with Crippen molar-refractivity contribution in [1.29, 1.82) is 0 Å². The fraction of sp³-hybridized carbons (Fsp3) is 0.474. The SMILES string of the molecule is COCC1(C(=O)NC(C)c2ncc(-c3ccccc3)o2)CCNCC1.Cl. The van der Waals surface area contributed by atoms with Crippen LogP contribution in [0.2, 0.25) is 0 Å². The lowest BCUT2D eigenvalue weighted by Crippen LogP contribution is -2.50. The summed E-state index contributed by atoms with van der Waals surface area (Å²) in [5.41, 5.74) is 0.484. The molecule has 2 aromatic rings. The van der Waals surface area contributed by atoms with Gasteiger partial charge in [0.1, 0.15) is 6.04 Å². The van der Waals surface area contributed by atoms with Crippen LogP contribution in [0.25, 0.3) is 11.3 Å². The molecule has 0 spiro atoms. The van der Waals surface area contributed by atoms with E-state index < -0.39 is 5.41 Å². The van der Waals surface area contributed by atoms with E-state index in [1.165, 1.54) is 0 Å². The molecule has 0 aliphatic carbocycles. The standard InChI is InChI=1S/C19H25N3O3.ClH/c1-14(17-21-12-16(25-17)15-6-4-3-5-7-15)22-18(23)19(13-24-2)8-10-20-11-9-19;/h3-7,12,14,20H,8-11,13H2,1-2H3,(H,22,23);1H. The lowest BCUT2D eigenvalue weighted by atomic mass is 9.78. The average molecular weight is 380 g/mol. The largest absolute Gasteiger partial charge is 0.438 e. The summed E-state index contributed by atoms with van der Waals surface area (Å²) in [5, 5.41) is 6.35. The van der Waals surface area contributed by atoms with Crippen molar-refractivity contribution < 1.29 is 13.9 Å². The first-order valence-electron chi connectivity index (χ1n) is 8.66. The molecule has 1 fully saturated rings. The van der Waals surface area contributed by atoms with Gasteiger partial charge in [-0.15, -0.1) is 12.4 Å². The number of halogens is 1. The van der Waals surface area contributed by atoms with Gasteiger partial charge in [-0.25, -0.2) is 4.98 Å². The predicted molar refractivity (Wildman–Crippen MR) is 102 cm³/mol. The first-order valence-corrected chi connectivity index (χ1v) is 8.66. The van der Waals surface area contributed by atoms with E-state index in [9.17, 15) is 4.79 Å². The van der Waals surface area contributed by atoms with Gasteiger partial charge >= 0.3 is 0 Å². The number of rotatable bonds is 6. The summed E-state index contributed by atoms with van der Waals surface area (Å²) in [7, 11) is 1.64. The Morgan fingerprint density at radius 3 is 2.69 bits per heavy atom. The molecule has 0 radical (unpaired) electrons. The first kappa shape index (κ1) is 20.4. The molecule has 3 rings (SSSR count). The van der Waals surface area contributed by atoms with Gasteiger partial charge in [-0.05, 0) is 32.9 Å². The summed E-state index contributed by atoms with van der Waals surface area (Å²) in [5.74, 6) is 1.21.